The number of hydrogen-bond acceptors (Lipinski definition) is 6. The largest absolute Gasteiger partial charge is 0.481 e. The van der Waals surface area contributed by atoms with Crippen LogP contribution in [0.15, 0.2) is 10.6 Å². The van der Waals surface area contributed by atoms with Gasteiger partial charge in [-0.15, -0.1) is 0 Å². The third kappa shape index (κ3) is 4.54. The first-order valence-electron chi connectivity index (χ1n) is 5.44. The first-order chi connectivity index (χ1) is 8.52. The fourth-order valence-electron chi connectivity index (χ4n) is 1.48. The summed E-state index contributed by atoms with van der Waals surface area (Å²) in [5.41, 5.74) is 0.439. The average molecular weight is 257 g/mol. The van der Waals surface area contributed by atoms with Crippen molar-refractivity contribution in [1.29, 1.82) is 0 Å². The van der Waals surface area contributed by atoms with Gasteiger partial charge in [0.05, 0.1) is 12.1 Å². The van der Waals surface area contributed by atoms with Crippen LogP contribution in [-0.2, 0) is 20.9 Å². The first kappa shape index (κ1) is 14.2. The monoisotopic (exact) mass is 257 g/mol. The van der Waals surface area contributed by atoms with Gasteiger partial charge >= 0.3 is 11.9 Å². The van der Waals surface area contributed by atoms with Gasteiger partial charge in [-0.05, 0) is 6.42 Å². The van der Waals surface area contributed by atoms with Crippen molar-refractivity contribution in [3.63, 3.8) is 0 Å². The smallest absolute Gasteiger partial charge is 0.304 e. The lowest BCUT2D eigenvalue weighted by Crippen LogP contribution is -2.08. The molecule has 0 aliphatic rings. The van der Waals surface area contributed by atoms with E-state index >= 15 is 0 Å². The number of hydrogen-bond donors (Lipinski definition) is 2. The second-order valence-electron chi connectivity index (χ2n) is 3.81. The van der Waals surface area contributed by atoms with Crippen LogP contribution in [0.2, 0.25) is 0 Å². The second-order valence-corrected chi connectivity index (χ2v) is 3.81. The fraction of sp³-hybridized carbons (Fsp3) is 0.545. The zero-order chi connectivity index (χ0) is 13.5. The Bertz CT molecular complexity index is 413. The number of aliphatic hydroxyl groups excluding tert-OH is 1. The highest BCUT2D eigenvalue weighted by atomic mass is 16.5. The van der Waals surface area contributed by atoms with E-state index in [0.717, 1.165) is 0 Å². The van der Waals surface area contributed by atoms with Crippen molar-refractivity contribution in [3.05, 3.63) is 17.5 Å². The maximum absolute atomic E-state index is 10.7. The average Bonchev–Trinajstić information content (AvgIpc) is 2.73. The fourth-order valence-corrected chi connectivity index (χ4v) is 1.48. The normalized spacial score (nSPS) is 12.1. The van der Waals surface area contributed by atoms with Crippen LogP contribution >= 0.6 is 0 Å². The number of esters is 1. The van der Waals surface area contributed by atoms with Crippen molar-refractivity contribution >= 4 is 11.9 Å². The maximum atomic E-state index is 10.7. The number of aliphatic carboxylic acids is 1. The number of ether oxygens (including phenoxy) is 1. The number of carbonyl (C=O) groups is 2. The van der Waals surface area contributed by atoms with Crippen LogP contribution in [-0.4, -0.2) is 33.9 Å². The molecule has 0 aliphatic heterocycles. The molecule has 1 rings (SSSR count). The van der Waals surface area contributed by atoms with E-state index in [1.165, 1.54) is 13.0 Å². The summed E-state index contributed by atoms with van der Waals surface area (Å²) in [7, 11) is 0. The van der Waals surface area contributed by atoms with Crippen molar-refractivity contribution < 1.29 is 29.1 Å². The minimum atomic E-state index is -0.974. The van der Waals surface area contributed by atoms with E-state index in [9.17, 15) is 9.59 Å². The lowest BCUT2D eigenvalue weighted by atomic mass is 9.98. The molecule has 7 heteroatoms. The zero-order valence-corrected chi connectivity index (χ0v) is 9.96. The lowest BCUT2D eigenvalue weighted by Gasteiger charge is -2.08. The molecule has 0 aliphatic carbocycles. The van der Waals surface area contributed by atoms with Crippen molar-refractivity contribution in [2.24, 2.45) is 0 Å². The van der Waals surface area contributed by atoms with Gasteiger partial charge in [-0.3, -0.25) is 9.59 Å². The summed E-state index contributed by atoms with van der Waals surface area (Å²) >= 11 is 0. The topological polar surface area (TPSA) is 110 Å². The summed E-state index contributed by atoms with van der Waals surface area (Å²) < 4.78 is 9.65. The molecule has 100 valence electrons. The Hall–Kier alpha value is -1.89. The number of carboxylic acid groups (broad SMARTS) is 1. The van der Waals surface area contributed by atoms with Crippen molar-refractivity contribution in [2.75, 3.05) is 6.61 Å². The maximum Gasteiger partial charge on any atom is 0.304 e. The van der Waals surface area contributed by atoms with Crippen LogP contribution in [0, 0.1) is 0 Å². The highest BCUT2D eigenvalue weighted by molar-refractivity contribution is 5.68. The molecular formula is C11H15NO6. The molecule has 0 radical (unpaired) electrons. The number of carboxylic acids is 1. The molecule has 1 aromatic rings. The quantitative estimate of drug-likeness (QED) is 0.691. The molecule has 0 bridgehead atoms. The molecule has 7 nitrogen and oxygen atoms in total. The molecule has 18 heavy (non-hydrogen) atoms. The molecule has 0 fully saturated rings. The standard InChI is InChI=1S/C11H15NO6/c1-7(14)17-6-9-5-10(12-18-9)8(2-3-13)4-11(15)16/h5,8,13H,2-4,6H2,1H3,(H,15,16)/t8-/m1/s1. The van der Waals surface area contributed by atoms with Crippen molar-refractivity contribution in [1.82, 2.24) is 5.16 Å². The van der Waals surface area contributed by atoms with E-state index in [-0.39, 0.29) is 26.1 Å². The SMILES string of the molecule is CC(=O)OCc1cc([C@H](CCO)CC(=O)O)no1. The van der Waals surface area contributed by atoms with Gasteiger partial charge in [0.25, 0.3) is 0 Å². The van der Waals surface area contributed by atoms with E-state index in [1.807, 2.05) is 0 Å². The van der Waals surface area contributed by atoms with Gasteiger partial charge in [-0.1, -0.05) is 5.16 Å². The summed E-state index contributed by atoms with van der Waals surface area (Å²) in [5, 5.41) is 21.3. The number of carbonyl (C=O) groups excluding carboxylic acids is 1. The predicted molar refractivity (Wildman–Crippen MR) is 58.7 cm³/mol. The van der Waals surface area contributed by atoms with Crippen molar-refractivity contribution in [2.45, 2.75) is 32.3 Å². The summed E-state index contributed by atoms with van der Waals surface area (Å²) in [4.78, 5) is 21.3. The Morgan fingerprint density at radius 2 is 2.28 bits per heavy atom. The van der Waals surface area contributed by atoms with Gasteiger partial charge in [0.15, 0.2) is 12.4 Å². The van der Waals surface area contributed by atoms with E-state index in [4.69, 9.17) is 19.5 Å². The number of aliphatic hydroxyl groups is 1. The highest BCUT2D eigenvalue weighted by Crippen LogP contribution is 2.23. The molecule has 0 amide bonds. The Kier molecular flexibility index (Phi) is 5.31. The van der Waals surface area contributed by atoms with Crippen LogP contribution in [0.5, 0.6) is 0 Å². The molecule has 0 saturated heterocycles. The third-order valence-corrected chi connectivity index (χ3v) is 2.31. The minimum absolute atomic E-state index is 0.0404. The predicted octanol–water partition coefficient (Wildman–Crippen LogP) is 0.678. The molecule has 2 N–H and O–H groups in total. The van der Waals surface area contributed by atoms with Gasteiger partial charge in [0, 0.05) is 25.5 Å². The highest BCUT2D eigenvalue weighted by Gasteiger charge is 2.19. The summed E-state index contributed by atoms with van der Waals surface area (Å²) in [6.07, 6.45) is 0.145. The van der Waals surface area contributed by atoms with Crippen LogP contribution in [0.1, 0.15) is 37.1 Å². The molecule has 0 spiro atoms. The lowest BCUT2D eigenvalue weighted by molar-refractivity contribution is -0.143. The van der Waals surface area contributed by atoms with E-state index in [0.29, 0.717) is 11.5 Å². The minimum Gasteiger partial charge on any atom is -0.481 e. The van der Waals surface area contributed by atoms with E-state index < -0.39 is 17.9 Å². The Labute approximate surface area is 103 Å². The molecule has 0 aromatic carbocycles. The zero-order valence-electron chi connectivity index (χ0n) is 9.96. The Morgan fingerprint density at radius 3 is 2.83 bits per heavy atom. The Morgan fingerprint density at radius 1 is 1.56 bits per heavy atom. The van der Waals surface area contributed by atoms with Gasteiger partial charge in [0.1, 0.15) is 0 Å². The number of rotatable bonds is 7. The Balaban J connectivity index is 2.67. The van der Waals surface area contributed by atoms with Gasteiger partial charge in [-0.2, -0.15) is 0 Å². The molecule has 1 heterocycles. The summed E-state index contributed by atoms with van der Waals surface area (Å²) in [6.45, 7) is 1.10. The van der Waals surface area contributed by atoms with Gasteiger partial charge in [0.2, 0.25) is 0 Å². The van der Waals surface area contributed by atoms with Crippen LogP contribution in [0.3, 0.4) is 0 Å². The summed E-state index contributed by atoms with van der Waals surface area (Å²) in [5.74, 6) is -1.49. The van der Waals surface area contributed by atoms with E-state index in [1.54, 1.807) is 0 Å². The molecular weight excluding hydrogens is 242 g/mol. The van der Waals surface area contributed by atoms with Crippen LogP contribution in [0.4, 0.5) is 0 Å². The van der Waals surface area contributed by atoms with E-state index in [2.05, 4.69) is 5.16 Å². The number of aromatic nitrogens is 1. The second kappa shape index (κ2) is 6.75. The summed E-state index contributed by atoms with van der Waals surface area (Å²) in [6, 6.07) is 1.53. The van der Waals surface area contributed by atoms with Crippen molar-refractivity contribution in [3.8, 4) is 0 Å². The molecule has 1 atom stereocenters. The first-order valence-corrected chi connectivity index (χ1v) is 5.44. The number of nitrogens with zero attached hydrogens (tertiary/aromatic N) is 1. The molecule has 0 unspecified atom stereocenters. The van der Waals surface area contributed by atoms with Crippen LogP contribution < -0.4 is 0 Å². The van der Waals surface area contributed by atoms with Gasteiger partial charge < -0.3 is 19.5 Å². The van der Waals surface area contributed by atoms with Crippen LogP contribution in [0.25, 0.3) is 0 Å². The third-order valence-electron chi connectivity index (χ3n) is 2.31. The molecule has 1 aromatic heterocycles. The molecule has 0 saturated carbocycles. The van der Waals surface area contributed by atoms with Gasteiger partial charge in [-0.25, -0.2) is 0 Å².